The second-order valence-electron chi connectivity index (χ2n) is 4.95. The normalized spacial score (nSPS) is 10.8. The second kappa shape index (κ2) is 7.74. The van der Waals surface area contributed by atoms with Gasteiger partial charge in [0.05, 0.1) is 18.0 Å². The topological polar surface area (TPSA) is 94.2 Å². The van der Waals surface area contributed by atoms with Gasteiger partial charge < -0.3 is 21.1 Å². The van der Waals surface area contributed by atoms with Gasteiger partial charge in [0.25, 0.3) is 0 Å². The van der Waals surface area contributed by atoms with Crippen molar-refractivity contribution in [1.29, 1.82) is 0 Å². The van der Waals surface area contributed by atoms with Gasteiger partial charge in [-0.15, -0.1) is 0 Å². The van der Waals surface area contributed by atoms with Crippen molar-refractivity contribution in [3.63, 3.8) is 0 Å². The third-order valence-corrected chi connectivity index (χ3v) is 2.93. The number of aromatic nitrogens is 2. The fraction of sp³-hybridized carbons (Fsp3) is 0.692. The van der Waals surface area contributed by atoms with Crippen LogP contribution in [0, 0.1) is 0 Å². The van der Waals surface area contributed by atoms with Gasteiger partial charge in [-0.05, 0) is 5.92 Å². The molecule has 0 unspecified atom stereocenters. The molecule has 7 heteroatoms. The van der Waals surface area contributed by atoms with Gasteiger partial charge in [0, 0.05) is 33.7 Å². The molecule has 0 saturated heterocycles. The van der Waals surface area contributed by atoms with Gasteiger partial charge in [0.1, 0.15) is 5.82 Å². The van der Waals surface area contributed by atoms with Crippen LogP contribution >= 0.6 is 0 Å². The summed E-state index contributed by atoms with van der Waals surface area (Å²) in [7, 11) is 3.44. The zero-order chi connectivity index (χ0) is 15.1. The number of amides is 1. The van der Waals surface area contributed by atoms with Crippen molar-refractivity contribution < 1.29 is 9.53 Å². The Hall–Kier alpha value is -1.76. The summed E-state index contributed by atoms with van der Waals surface area (Å²) >= 11 is 0. The predicted molar refractivity (Wildman–Crippen MR) is 79.7 cm³/mol. The molecule has 1 heterocycles. The molecule has 0 aliphatic carbocycles. The predicted octanol–water partition coefficient (Wildman–Crippen LogP) is 0.690. The highest BCUT2D eigenvalue weighted by Gasteiger charge is 2.15. The molecule has 0 aromatic carbocycles. The number of nitrogens with zero attached hydrogens (tertiary/aromatic N) is 2. The van der Waals surface area contributed by atoms with Crippen LogP contribution in [0.5, 0.6) is 0 Å². The lowest BCUT2D eigenvalue weighted by molar-refractivity contribution is -0.121. The Morgan fingerprint density at radius 1 is 1.45 bits per heavy atom. The van der Waals surface area contributed by atoms with Gasteiger partial charge in [0.15, 0.2) is 0 Å². The van der Waals surface area contributed by atoms with Gasteiger partial charge in [-0.2, -0.15) is 5.10 Å². The monoisotopic (exact) mass is 283 g/mol. The molecular formula is C13H25N5O2. The number of rotatable bonds is 8. The van der Waals surface area contributed by atoms with Crippen molar-refractivity contribution in [3.8, 4) is 0 Å². The van der Waals surface area contributed by atoms with E-state index in [0.29, 0.717) is 31.8 Å². The van der Waals surface area contributed by atoms with Gasteiger partial charge in [-0.25, -0.2) is 0 Å². The maximum absolute atomic E-state index is 11.5. The summed E-state index contributed by atoms with van der Waals surface area (Å²) in [5.74, 6) is 1.02. The molecule has 0 fully saturated rings. The summed E-state index contributed by atoms with van der Waals surface area (Å²) in [6.45, 7) is 5.66. The number of hydrogen-bond donors (Lipinski definition) is 3. The average molecular weight is 283 g/mol. The van der Waals surface area contributed by atoms with Crippen molar-refractivity contribution in [3.05, 3.63) is 5.69 Å². The molecule has 1 aromatic heterocycles. The van der Waals surface area contributed by atoms with Crippen LogP contribution in [0.4, 0.5) is 11.5 Å². The van der Waals surface area contributed by atoms with Gasteiger partial charge in [-0.1, -0.05) is 13.8 Å². The van der Waals surface area contributed by atoms with E-state index >= 15 is 0 Å². The number of anilines is 2. The third kappa shape index (κ3) is 4.41. The zero-order valence-corrected chi connectivity index (χ0v) is 12.7. The quantitative estimate of drug-likeness (QED) is 0.610. The van der Waals surface area contributed by atoms with Crippen molar-refractivity contribution in [2.24, 2.45) is 7.05 Å². The highest BCUT2D eigenvalue weighted by Crippen LogP contribution is 2.27. The number of aryl methyl sites for hydroxylation is 1. The van der Waals surface area contributed by atoms with Crippen LogP contribution in [0.2, 0.25) is 0 Å². The summed E-state index contributed by atoms with van der Waals surface area (Å²) in [5.41, 5.74) is 7.59. The highest BCUT2D eigenvalue weighted by molar-refractivity contribution is 5.76. The molecular weight excluding hydrogens is 258 g/mol. The molecule has 0 saturated carbocycles. The number of nitrogens with one attached hydrogen (secondary N) is 2. The van der Waals surface area contributed by atoms with Crippen molar-refractivity contribution in [1.82, 2.24) is 15.1 Å². The molecule has 0 aliphatic rings. The van der Waals surface area contributed by atoms with Gasteiger partial charge >= 0.3 is 0 Å². The maximum atomic E-state index is 11.5. The van der Waals surface area contributed by atoms with Crippen LogP contribution in [0.25, 0.3) is 0 Å². The molecule has 1 amide bonds. The minimum atomic E-state index is -0.0145. The molecule has 1 aromatic rings. The molecule has 1 rings (SSSR count). The average Bonchev–Trinajstić information content (AvgIpc) is 2.67. The summed E-state index contributed by atoms with van der Waals surface area (Å²) in [5, 5.41) is 10.3. The van der Waals surface area contributed by atoms with Crippen LogP contribution in [0.3, 0.4) is 0 Å². The smallest absolute Gasteiger partial charge is 0.221 e. The molecule has 0 aliphatic heterocycles. The Morgan fingerprint density at radius 3 is 2.70 bits per heavy atom. The largest absolute Gasteiger partial charge is 0.394 e. The van der Waals surface area contributed by atoms with E-state index in [1.165, 1.54) is 0 Å². The Morgan fingerprint density at radius 2 is 2.15 bits per heavy atom. The molecule has 0 radical (unpaired) electrons. The summed E-state index contributed by atoms with van der Waals surface area (Å²) in [4.78, 5) is 11.5. The summed E-state index contributed by atoms with van der Waals surface area (Å²) in [6.07, 6.45) is 0.380. The van der Waals surface area contributed by atoms with Gasteiger partial charge in [0.2, 0.25) is 5.91 Å². The number of ether oxygens (including phenoxy) is 1. The molecule has 7 nitrogen and oxygen atoms in total. The lowest BCUT2D eigenvalue weighted by atomic mass is 10.1. The second-order valence-corrected chi connectivity index (χ2v) is 4.95. The summed E-state index contributed by atoms with van der Waals surface area (Å²) in [6, 6.07) is 0. The number of hydrogen-bond acceptors (Lipinski definition) is 5. The third-order valence-electron chi connectivity index (χ3n) is 2.93. The molecule has 0 bridgehead atoms. The van der Waals surface area contributed by atoms with E-state index in [-0.39, 0.29) is 11.8 Å². The number of carbonyl (C=O) groups is 1. The first kappa shape index (κ1) is 16.3. The van der Waals surface area contributed by atoms with E-state index in [2.05, 4.69) is 15.7 Å². The number of methoxy groups -OCH3 is 1. The van der Waals surface area contributed by atoms with E-state index in [1.54, 1.807) is 11.8 Å². The Balaban J connectivity index is 2.44. The van der Waals surface area contributed by atoms with E-state index < -0.39 is 0 Å². The molecule has 114 valence electrons. The summed E-state index contributed by atoms with van der Waals surface area (Å²) < 4.78 is 6.58. The first-order valence-electron chi connectivity index (χ1n) is 6.79. The lowest BCUT2D eigenvalue weighted by Crippen LogP contribution is -2.28. The van der Waals surface area contributed by atoms with Crippen LogP contribution in [0.1, 0.15) is 31.9 Å². The van der Waals surface area contributed by atoms with Crippen molar-refractivity contribution in [2.45, 2.75) is 26.2 Å². The van der Waals surface area contributed by atoms with Crippen LogP contribution < -0.4 is 16.4 Å². The van der Waals surface area contributed by atoms with Crippen molar-refractivity contribution in [2.75, 3.05) is 37.9 Å². The molecule has 4 N–H and O–H groups in total. The Bertz CT molecular complexity index is 442. The van der Waals surface area contributed by atoms with Crippen LogP contribution in [-0.2, 0) is 16.6 Å². The van der Waals surface area contributed by atoms with E-state index in [4.69, 9.17) is 10.5 Å². The lowest BCUT2D eigenvalue weighted by Gasteiger charge is -2.08. The minimum Gasteiger partial charge on any atom is -0.394 e. The van der Waals surface area contributed by atoms with E-state index in [1.807, 2.05) is 20.9 Å². The maximum Gasteiger partial charge on any atom is 0.221 e. The van der Waals surface area contributed by atoms with Crippen molar-refractivity contribution >= 4 is 17.4 Å². The standard InChI is InChI=1S/C13H25N5O2/c1-9(2)12-11(14)13(18(3)17-12)16-6-5-10(19)15-7-8-20-4/h9,16H,5-8,14H2,1-4H3,(H,15,19). The fourth-order valence-electron chi connectivity index (χ4n) is 1.87. The zero-order valence-electron chi connectivity index (χ0n) is 12.7. The highest BCUT2D eigenvalue weighted by atomic mass is 16.5. The first-order chi connectivity index (χ1) is 9.47. The number of carbonyl (C=O) groups excluding carboxylic acids is 1. The number of nitrogen functional groups attached to an aromatic ring is 1. The minimum absolute atomic E-state index is 0.0145. The van der Waals surface area contributed by atoms with E-state index in [9.17, 15) is 4.79 Å². The van der Waals surface area contributed by atoms with Gasteiger partial charge in [-0.3, -0.25) is 9.48 Å². The Labute approximate surface area is 119 Å². The van der Waals surface area contributed by atoms with Crippen LogP contribution in [0.15, 0.2) is 0 Å². The van der Waals surface area contributed by atoms with Crippen LogP contribution in [-0.4, -0.2) is 42.5 Å². The van der Waals surface area contributed by atoms with E-state index in [0.717, 1.165) is 11.5 Å². The fourth-order valence-corrected chi connectivity index (χ4v) is 1.87. The first-order valence-corrected chi connectivity index (χ1v) is 6.79. The molecule has 0 spiro atoms. The molecule has 0 atom stereocenters. The Kier molecular flexibility index (Phi) is 6.30. The molecule has 20 heavy (non-hydrogen) atoms. The SMILES string of the molecule is COCCNC(=O)CCNc1c(N)c(C(C)C)nn1C. The number of nitrogens with two attached hydrogens (primary N) is 1.